The lowest BCUT2D eigenvalue weighted by Gasteiger charge is -2.19. The van der Waals surface area contributed by atoms with Crippen molar-refractivity contribution in [2.24, 2.45) is 0 Å². The van der Waals surface area contributed by atoms with E-state index in [0.717, 1.165) is 46.7 Å². The van der Waals surface area contributed by atoms with Crippen LogP contribution in [0.2, 0.25) is 0 Å². The standard InChI is InChI=1S/C23H22N2O3/c1-27-22-5-3-2-4-18(22)14-19-7-6-17-15-20(8-9-21(17)23(19)26)28-13-12-25-11-10-24-16-25/h2-5,8-11,14-16H,6-7,12-13H2,1H3/b19-14-. The number of hydrogen-bond acceptors (Lipinski definition) is 4. The van der Waals surface area contributed by atoms with Crippen molar-refractivity contribution in [3.05, 3.63) is 83.4 Å². The second kappa shape index (κ2) is 8.13. The summed E-state index contributed by atoms with van der Waals surface area (Å²) in [4.78, 5) is 17.0. The fraction of sp³-hybridized carbons (Fsp3) is 0.217. The molecule has 0 saturated heterocycles. The summed E-state index contributed by atoms with van der Waals surface area (Å²) in [6.07, 6.45) is 8.90. The molecule has 3 aromatic rings. The van der Waals surface area contributed by atoms with Gasteiger partial charge in [0, 0.05) is 29.1 Å². The highest BCUT2D eigenvalue weighted by Crippen LogP contribution is 2.31. The second-order valence-electron chi connectivity index (χ2n) is 6.71. The fourth-order valence-corrected chi connectivity index (χ4v) is 3.44. The molecule has 0 aliphatic heterocycles. The van der Waals surface area contributed by atoms with Gasteiger partial charge in [-0.05, 0) is 48.7 Å². The van der Waals surface area contributed by atoms with Gasteiger partial charge in [0.2, 0.25) is 0 Å². The monoisotopic (exact) mass is 374 g/mol. The van der Waals surface area contributed by atoms with Crippen LogP contribution in [0, 0.1) is 0 Å². The molecule has 0 radical (unpaired) electrons. The number of Topliss-reactive ketones (excluding diaryl/α,β-unsaturated/α-hetero) is 1. The van der Waals surface area contributed by atoms with Gasteiger partial charge in [0.05, 0.1) is 20.0 Å². The number of carbonyl (C=O) groups is 1. The molecule has 1 aliphatic rings. The lowest BCUT2D eigenvalue weighted by molar-refractivity contribution is 0.102. The molecule has 0 fully saturated rings. The number of para-hydroxylation sites is 1. The van der Waals surface area contributed by atoms with Crippen molar-refractivity contribution in [1.29, 1.82) is 0 Å². The number of carbonyl (C=O) groups excluding carboxylic acids is 1. The quantitative estimate of drug-likeness (QED) is 0.607. The summed E-state index contributed by atoms with van der Waals surface area (Å²) in [7, 11) is 1.64. The lowest BCUT2D eigenvalue weighted by atomic mass is 9.86. The molecule has 0 bridgehead atoms. The highest BCUT2D eigenvalue weighted by Gasteiger charge is 2.22. The Labute approximate surface area is 164 Å². The van der Waals surface area contributed by atoms with Crippen molar-refractivity contribution < 1.29 is 14.3 Å². The molecule has 5 heteroatoms. The molecule has 0 atom stereocenters. The van der Waals surface area contributed by atoms with Crippen LogP contribution in [-0.4, -0.2) is 29.1 Å². The normalized spacial score (nSPS) is 14.8. The smallest absolute Gasteiger partial charge is 0.189 e. The predicted molar refractivity (Wildman–Crippen MR) is 108 cm³/mol. The number of nitrogens with zero attached hydrogens (tertiary/aromatic N) is 2. The van der Waals surface area contributed by atoms with Crippen molar-refractivity contribution in [3.63, 3.8) is 0 Å². The van der Waals surface area contributed by atoms with E-state index in [9.17, 15) is 4.79 Å². The number of aromatic nitrogens is 2. The van der Waals surface area contributed by atoms with Crippen LogP contribution in [-0.2, 0) is 13.0 Å². The summed E-state index contributed by atoms with van der Waals surface area (Å²) in [6, 6.07) is 13.5. The maximum Gasteiger partial charge on any atom is 0.189 e. The maximum absolute atomic E-state index is 12.9. The topological polar surface area (TPSA) is 53.4 Å². The Hall–Kier alpha value is -3.34. The zero-order valence-electron chi connectivity index (χ0n) is 15.8. The molecule has 4 rings (SSSR count). The first-order valence-electron chi connectivity index (χ1n) is 9.34. The first-order chi connectivity index (χ1) is 13.7. The fourth-order valence-electron chi connectivity index (χ4n) is 3.44. The number of benzene rings is 2. The molecule has 0 N–H and O–H groups in total. The molecule has 1 aliphatic carbocycles. The van der Waals surface area contributed by atoms with Crippen molar-refractivity contribution in [2.45, 2.75) is 19.4 Å². The van der Waals surface area contributed by atoms with E-state index in [2.05, 4.69) is 4.98 Å². The summed E-state index contributed by atoms with van der Waals surface area (Å²) < 4.78 is 13.2. The molecule has 142 valence electrons. The number of ether oxygens (including phenoxy) is 2. The van der Waals surface area contributed by atoms with Gasteiger partial charge < -0.3 is 14.0 Å². The second-order valence-corrected chi connectivity index (χ2v) is 6.71. The first-order valence-corrected chi connectivity index (χ1v) is 9.34. The maximum atomic E-state index is 12.9. The summed E-state index contributed by atoms with van der Waals surface area (Å²) in [5, 5.41) is 0. The molecule has 5 nitrogen and oxygen atoms in total. The Morgan fingerprint density at radius 2 is 2.07 bits per heavy atom. The average molecular weight is 374 g/mol. The molecular weight excluding hydrogens is 352 g/mol. The summed E-state index contributed by atoms with van der Waals surface area (Å²) in [6.45, 7) is 1.30. The minimum absolute atomic E-state index is 0.0807. The first kappa shape index (κ1) is 18.0. The molecular formula is C23H22N2O3. The van der Waals surface area contributed by atoms with Crippen LogP contribution in [0.1, 0.15) is 27.9 Å². The van der Waals surface area contributed by atoms with Crippen LogP contribution in [0.4, 0.5) is 0 Å². The average Bonchev–Trinajstić information content (AvgIpc) is 3.24. The summed E-state index contributed by atoms with van der Waals surface area (Å²) in [5.74, 6) is 1.65. The van der Waals surface area contributed by atoms with Gasteiger partial charge in [0.1, 0.15) is 18.1 Å². The third kappa shape index (κ3) is 3.83. The zero-order chi connectivity index (χ0) is 19.3. The number of ketones is 1. The van der Waals surface area contributed by atoms with Crippen molar-refractivity contribution >= 4 is 11.9 Å². The van der Waals surface area contributed by atoms with Crippen LogP contribution in [0.5, 0.6) is 11.5 Å². The molecule has 28 heavy (non-hydrogen) atoms. The van der Waals surface area contributed by atoms with Crippen LogP contribution >= 0.6 is 0 Å². The summed E-state index contributed by atoms with van der Waals surface area (Å²) >= 11 is 0. The van der Waals surface area contributed by atoms with Gasteiger partial charge in [-0.2, -0.15) is 0 Å². The van der Waals surface area contributed by atoms with E-state index in [-0.39, 0.29) is 5.78 Å². The minimum atomic E-state index is 0.0807. The van der Waals surface area contributed by atoms with Gasteiger partial charge in [-0.3, -0.25) is 4.79 Å². The number of methoxy groups -OCH3 is 1. The van der Waals surface area contributed by atoms with E-state index in [1.807, 2.05) is 59.3 Å². The Morgan fingerprint density at radius 1 is 1.18 bits per heavy atom. The SMILES string of the molecule is COc1ccccc1/C=C1/CCc2cc(OCCn3ccnc3)ccc2C1=O. The number of aryl methyl sites for hydroxylation is 1. The van der Waals surface area contributed by atoms with Crippen LogP contribution in [0.3, 0.4) is 0 Å². The molecule has 0 spiro atoms. The minimum Gasteiger partial charge on any atom is -0.496 e. The van der Waals surface area contributed by atoms with Gasteiger partial charge in [0.25, 0.3) is 0 Å². The summed E-state index contributed by atoms with van der Waals surface area (Å²) in [5.41, 5.74) is 3.54. The predicted octanol–water partition coefficient (Wildman–Crippen LogP) is 4.18. The van der Waals surface area contributed by atoms with Gasteiger partial charge >= 0.3 is 0 Å². The number of fused-ring (bicyclic) bond motifs is 1. The van der Waals surface area contributed by atoms with E-state index >= 15 is 0 Å². The third-order valence-electron chi connectivity index (χ3n) is 4.92. The van der Waals surface area contributed by atoms with Crippen LogP contribution < -0.4 is 9.47 Å². The highest BCUT2D eigenvalue weighted by molar-refractivity contribution is 6.13. The number of allylic oxidation sites excluding steroid dienone is 1. The number of hydrogen-bond donors (Lipinski definition) is 0. The van der Waals surface area contributed by atoms with Gasteiger partial charge in [-0.15, -0.1) is 0 Å². The highest BCUT2D eigenvalue weighted by atomic mass is 16.5. The van der Waals surface area contributed by atoms with E-state index in [4.69, 9.17) is 9.47 Å². The Balaban J connectivity index is 1.48. The van der Waals surface area contributed by atoms with Gasteiger partial charge in [-0.1, -0.05) is 18.2 Å². The third-order valence-corrected chi connectivity index (χ3v) is 4.92. The van der Waals surface area contributed by atoms with Gasteiger partial charge in [0.15, 0.2) is 5.78 Å². The Morgan fingerprint density at radius 3 is 2.89 bits per heavy atom. The molecule has 1 aromatic heterocycles. The molecule has 0 amide bonds. The molecule has 1 heterocycles. The van der Waals surface area contributed by atoms with Crippen molar-refractivity contribution in [3.8, 4) is 11.5 Å². The van der Waals surface area contributed by atoms with Gasteiger partial charge in [-0.25, -0.2) is 4.98 Å². The molecule has 0 unspecified atom stereocenters. The number of imidazole rings is 1. The Bertz CT molecular complexity index is 1010. The van der Waals surface area contributed by atoms with E-state index in [1.54, 1.807) is 19.6 Å². The molecule has 0 saturated carbocycles. The largest absolute Gasteiger partial charge is 0.496 e. The van der Waals surface area contributed by atoms with Crippen LogP contribution in [0.25, 0.3) is 6.08 Å². The van der Waals surface area contributed by atoms with Crippen molar-refractivity contribution in [2.75, 3.05) is 13.7 Å². The van der Waals surface area contributed by atoms with E-state index in [0.29, 0.717) is 13.0 Å². The van der Waals surface area contributed by atoms with E-state index < -0.39 is 0 Å². The zero-order valence-corrected chi connectivity index (χ0v) is 15.8. The Kier molecular flexibility index (Phi) is 5.24. The molecule has 2 aromatic carbocycles. The van der Waals surface area contributed by atoms with E-state index in [1.165, 1.54) is 0 Å². The number of rotatable bonds is 6. The van der Waals surface area contributed by atoms with Crippen LogP contribution in [0.15, 0.2) is 66.8 Å². The van der Waals surface area contributed by atoms with Crippen molar-refractivity contribution in [1.82, 2.24) is 9.55 Å². The lowest BCUT2D eigenvalue weighted by Crippen LogP contribution is -2.14.